The number of methoxy groups -OCH3 is 1. The number of hydrogen-bond acceptors (Lipinski definition) is 5. The molecule has 3 heterocycles. The number of hydrogen-bond donors (Lipinski definition) is 1. The van der Waals surface area contributed by atoms with Gasteiger partial charge in [-0.2, -0.15) is 0 Å². The van der Waals surface area contributed by atoms with Gasteiger partial charge in [0, 0.05) is 53.0 Å². The van der Waals surface area contributed by atoms with E-state index >= 15 is 0 Å². The number of halogens is 2. The normalized spacial score (nSPS) is 24.4. The Hall–Kier alpha value is -0.110. The van der Waals surface area contributed by atoms with Crippen molar-refractivity contribution in [3.8, 4) is 0 Å². The van der Waals surface area contributed by atoms with E-state index in [2.05, 4.69) is 15.1 Å². The van der Waals surface area contributed by atoms with Crippen molar-refractivity contribution in [3.63, 3.8) is 0 Å². The van der Waals surface area contributed by atoms with Crippen molar-refractivity contribution < 1.29 is 14.3 Å². The summed E-state index contributed by atoms with van der Waals surface area (Å²) in [6.07, 6.45) is 4.15. The number of rotatable bonds is 5. The molecule has 0 spiro atoms. The van der Waals surface area contributed by atoms with Crippen molar-refractivity contribution in [3.05, 3.63) is 0 Å². The van der Waals surface area contributed by atoms with E-state index in [4.69, 9.17) is 9.47 Å². The van der Waals surface area contributed by atoms with Gasteiger partial charge in [0.1, 0.15) is 0 Å². The molecule has 3 fully saturated rings. The van der Waals surface area contributed by atoms with Crippen molar-refractivity contribution in [1.82, 2.24) is 15.1 Å². The molecule has 6 nitrogen and oxygen atoms in total. The third kappa shape index (κ3) is 5.94. The quantitative estimate of drug-likeness (QED) is 0.740. The number of piperidine rings is 1. The van der Waals surface area contributed by atoms with Crippen LogP contribution in [0.2, 0.25) is 0 Å². The minimum Gasteiger partial charge on any atom is -0.384 e. The maximum absolute atomic E-state index is 13.1. The molecule has 1 N–H and O–H groups in total. The lowest BCUT2D eigenvalue weighted by Crippen LogP contribution is -2.57. The maximum Gasteiger partial charge on any atom is 0.231 e. The van der Waals surface area contributed by atoms with Gasteiger partial charge in [0.15, 0.2) is 0 Å². The monoisotopic (exact) mass is 411 g/mol. The fourth-order valence-electron chi connectivity index (χ4n) is 4.36. The summed E-state index contributed by atoms with van der Waals surface area (Å²) in [5.41, 5.74) is -0.303. The molecule has 0 aliphatic carbocycles. The molecule has 8 heteroatoms. The van der Waals surface area contributed by atoms with Gasteiger partial charge in [-0.15, -0.1) is 24.8 Å². The number of nitrogens with one attached hydrogen (secondary N) is 1. The van der Waals surface area contributed by atoms with Crippen LogP contribution in [0.5, 0.6) is 0 Å². The third-order valence-electron chi connectivity index (χ3n) is 5.95. The van der Waals surface area contributed by atoms with Crippen LogP contribution in [0.3, 0.4) is 0 Å². The van der Waals surface area contributed by atoms with E-state index in [0.29, 0.717) is 12.5 Å². The van der Waals surface area contributed by atoms with E-state index in [1.807, 2.05) is 0 Å². The SMILES string of the molecule is COCC1(C(=O)N2CCN(CC3CCOCC3)CC2)CCNCC1.Cl.Cl. The standard InChI is InChI=1S/C18H33N3O3.2ClH/c1-23-15-18(4-6-19-7-5-18)17(22)21-10-8-20(9-11-21)14-16-2-12-24-13-3-16;;/h16,19H,2-15H2,1H3;2*1H. The predicted molar refractivity (Wildman–Crippen MR) is 107 cm³/mol. The molecular formula is C18H35Cl2N3O3. The molecule has 154 valence electrons. The van der Waals surface area contributed by atoms with Crippen LogP contribution in [0, 0.1) is 11.3 Å². The van der Waals surface area contributed by atoms with E-state index < -0.39 is 0 Å². The highest BCUT2D eigenvalue weighted by atomic mass is 35.5. The van der Waals surface area contributed by atoms with Crippen molar-refractivity contribution in [2.24, 2.45) is 11.3 Å². The number of carbonyl (C=O) groups excluding carboxylic acids is 1. The van der Waals surface area contributed by atoms with Crippen LogP contribution in [0.25, 0.3) is 0 Å². The molecule has 0 aromatic heterocycles. The van der Waals surface area contributed by atoms with Crippen molar-refractivity contribution >= 4 is 30.7 Å². The van der Waals surface area contributed by atoms with Gasteiger partial charge >= 0.3 is 0 Å². The van der Waals surface area contributed by atoms with Gasteiger partial charge in [-0.05, 0) is 44.7 Å². The van der Waals surface area contributed by atoms with Crippen LogP contribution in [-0.2, 0) is 14.3 Å². The van der Waals surface area contributed by atoms with E-state index in [1.54, 1.807) is 7.11 Å². The van der Waals surface area contributed by atoms with Crippen LogP contribution in [0.1, 0.15) is 25.7 Å². The first-order valence-corrected chi connectivity index (χ1v) is 9.53. The Balaban J connectivity index is 0.00000169. The Labute approximate surface area is 170 Å². The van der Waals surface area contributed by atoms with Crippen LogP contribution in [0.15, 0.2) is 0 Å². The summed E-state index contributed by atoms with van der Waals surface area (Å²) in [7, 11) is 1.71. The number of piperazine rings is 1. The minimum atomic E-state index is -0.303. The van der Waals surface area contributed by atoms with Gasteiger partial charge in [-0.3, -0.25) is 9.69 Å². The van der Waals surface area contributed by atoms with Gasteiger partial charge in [0.2, 0.25) is 5.91 Å². The summed E-state index contributed by atoms with van der Waals surface area (Å²) in [5.74, 6) is 1.09. The highest BCUT2D eigenvalue weighted by molar-refractivity contribution is 5.85. The largest absolute Gasteiger partial charge is 0.384 e. The highest BCUT2D eigenvalue weighted by Crippen LogP contribution is 2.32. The van der Waals surface area contributed by atoms with Crippen molar-refractivity contribution in [1.29, 1.82) is 0 Å². The molecule has 0 atom stereocenters. The number of nitrogens with zero attached hydrogens (tertiary/aromatic N) is 2. The first kappa shape index (κ1) is 23.9. The lowest BCUT2D eigenvalue weighted by atomic mass is 9.78. The zero-order valence-electron chi connectivity index (χ0n) is 15.9. The minimum absolute atomic E-state index is 0. The molecule has 0 aromatic carbocycles. The van der Waals surface area contributed by atoms with Crippen LogP contribution in [-0.4, -0.2) is 88.5 Å². The lowest BCUT2D eigenvalue weighted by molar-refractivity contribution is -0.149. The average molecular weight is 412 g/mol. The van der Waals surface area contributed by atoms with E-state index in [-0.39, 0.29) is 30.2 Å². The number of amides is 1. The zero-order valence-corrected chi connectivity index (χ0v) is 17.5. The summed E-state index contributed by atoms with van der Waals surface area (Å²) in [6, 6.07) is 0. The predicted octanol–water partition coefficient (Wildman–Crippen LogP) is 1.42. The molecule has 3 aliphatic rings. The summed E-state index contributed by atoms with van der Waals surface area (Å²) < 4.78 is 10.9. The van der Waals surface area contributed by atoms with Crippen LogP contribution < -0.4 is 5.32 Å². The molecule has 0 saturated carbocycles. The summed E-state index contributed by atoms with van der Waals surface area (Å²) >= 11 is 0. The molecule has 3 rings (SSSR count). The second-order valence-electron chi connectivity index (χ2n) is 7.61. The topological polar surface area (TPSA) is 54.0 Å². The molecule has 0 bridgehead atoms. The molecule has 26 heavy (non-hydrogen) atoms. The van der Waals surface area contributed by atoms with Gasteiger partial charge in [-0.25, -0.2) is 0 Å². The summed E-state index contributed by atoms with van der Waals surface area (Å²) in [4.78, 5) is 17.8. The molecule has 0 radical (unpaired) electrons. The van der Waals surface area contributed by atoms with Gasteiger partial charge < -0.3 is 19.7 Å². The Bertz CT molecular complexity index is 403. The summed E-state index contributed by atoms with van der Waals surface area (Å²) in [6.45, 7) is 9.11. The van der Waals surface area contributed by atoms with Crippen LogP contribution in [0.4, 0.5) is 0 Å². The second-order valence-corrected chi connectivity index (χ2v) is 7.61. The second kappa shape index (κ2) is 11.7. The Morgan fingerprint density at radius 1 is 1.12 bits per heavy atom. The zero-order chi connectivity index (χ0) is 16.8. The molecule has 3 saturated heterocycles. The highest BCUT2D eigenvalue weighted by Gasteiger charge is 2.42. The molecular weight excluding hydrogens is 377 g/mol. The molecule has 0 unspecified atom stereocenters. The first-order chi connectivity index (χ1) is 11.7. The van der Waals surface area contributed by atoms with Gasteiger partial charge in [0.25, 0.3) is 0 Å². The van der Waals surface area contributed by atoms with Crippen LogP contribution >= 0.6 is 24.8 Å². The van der Waals surface area contributed by atoms with Gasteiger partial charge in [0.05, 0.1) is 12.0 Å². The van der Waals surface area contributed by atoms with Crippen molar-refractivity contribution in [2.75, 3.05) is 72.7 Å². The fraction of sp³-hybridized carbons (Fsp3) is 0.944. The first-order valence-electron chi connectivity index (χ1n) is 9.53. The van der Waals surface area contributed by atoms with Crippen molar-refractivity contribution in [2.45, 2.75) is 25.7 Å². The fourth-order valence-corrected chi connectivity index (χ4v) is 4.36. The van der Waals surface area contributed by atoms with E-state index in [1.165, 1.54) is 19.4 Å². The Morgan fingerprint density at radius 3 is 2.31 bits per heavy atom. The van der Waals surface area contributed by atoms with E-state index in [9.17, 15) is 4.79 Å². The summed E-state index contributed by atoms with van der Waals surface area (Å²) in [5, 5.41) is 3.36. The smallest absolute Gasteiger partial charge is 0.231 e. The number of ether oxygens (including phenoxy) is 2. The molecule has 0 aromatic rings. The molecule has 1 amide bonds. The molecule has 3 aliphatic heterocycles. The van der Waals surface area contributed by atoms with E-state index in [0.717, 1.165) is 71.2 Å². The Kier molecular flexibility index (Phi) is 10.7. The average Bonchev–Trinajstić information content (AvgIpc) is 2.64. The number of carbonyl (C=O) groups is 1. The third-order valence-corrected chi connectivity index (χ3v) is 5.95. The maximum atomic E-state index is 13.1. The van der Waals surface area contributed by atoms with Gasteiger partial charge in [-0.1, -0.05) is 0 Å². The lowest BCUT2D eigenvalue weighted by Gasteiger charge is -2.43. The Morgan fingerprint density at radius 2 is 1.73 bits per heavy atom.